The van der Waals surface area contributed by atoms with Gasteiger partial charge in [-0.1, -0.05) is 39.2 Å². The largest absolute Gasteiger partial charge is 0.462 e. The Bertz CT molecular complexity index is 848. The minimum absolute atomic E-state index is 0.0788. The van der Waals surface area contributed by atoms with Gasteiger partial charge in [-0.05, 0) is 112 Å². The van der Waals surface area contributed by atoms with E-state index in [0.717, 1.165) is 75.2 Å². The molecule has 2 fully saturated rings. The summed E-state index contributed by atoms with van der Waals surface area (Å²) in [7, 11) is 1.67. The molecule has 1 atom stereocenters. The Balaban J connectivity index is 1.39. The van der Waals surface area contributed by atoms with E-state index < -0.39 is 17.6 Å². The Kier molecular flexibility index (Phi) is 13.7. The minimum Gasteiger partial charge on any atom is -0.462 e. The van der Waals surface area contributed by atoms with Crippen LogP contribution in [-0.4, -0.2) is 38.0 Å². The van der Waals surface area contributed by atoms with Gasteiger partial charge in [-0.25, -0.2) is 13.6 Å². The normalized spacial score (nSPS) is 27.0. The molecule has 0 amide bonds. The fraction of sp³-hybridized carbons (Fsp3) is 0.788. The highest BCUT2D eigenvalue weighted by atomic mass is 19.2. The summed E-state index contributed by atoms with van der Waals surface area (Å²) in [4.78, 5) is 11.8. The molecule has 0 aromatic rings. The number of esters is 1. The van der Waals surface area contributed by atoms with Crippen molar-refractivity contribution in [1.82, 2.24) is 0 Å². The molecule has 1 unspecified atom stereocenters. The molecule has 2 saturated carbocycles. The average molecular weight is 551 g/mol. The summed E-state index contributed by atoms with van der Waals surface area (Å²) in [5.41, 5.74) is 1.55. The predicted octanol–water partition coefficient (Wildman–Crippen LogP) is 8.56. The third kappa shape index (κ3) is 9.52. The van der Waals surface area contributed by atoms with Gasteiger partial charge >= 0.3 is 5.97 Å². The van der Waals surface area contributed by atoms with Crippen molar-refractivity contribution >= 4 is 5.97 Å². The summed E-state index contributed by atoms with van der Waals surface area (Å²) in [6.45, 7) is 6.11. The number of hydrogen-bond donors (Lipinski definition) is 1. The fourth-order valence-electron chi connectivity index (χ4n) is 7.18. The van der Waals surface area contributed by atoms with Gasteiger partial charge in [0.25, 0.3) is 0 Å². The van der Waals surface area contributed by atoms with Crippen LogP contribution in [0.25, 0.3) is 0 Å². The molecular weight excluding hydrogens is 498 g/mol. The first kappa shape index (κ1) is 32.0. The SMILES string of the molecule is C=C(CO)C(=O)OCC(CCC1CCC(C2CCC(C3=C(F)C(F)=C(CCCCC)CC3)CC2)CC1)COC. The Morgan fingerprint density at radius 3 is 2.26 bits per heavy atom. The zero-order valence-corrected chi connectivity index (χ0v) is 24.5. The average Bonchev–Trinajstić information content (AvgIpc) is 2.96. The summed E-state index contributed by atoms with van der Waals surface area (Å²) in [6, 6.07) is 0. The molecule has 222 valence electrons. The van der Waals surface area contributed by atoms with Crippen LogP contribution in [0.2, 0.25) is 0 Å². The van der Waals surface area contributed by atoms with Gasteiger partial charge in [-0.3, -0.25) is 0 Å². The third-order valence-electron chi connectivity index (χ3n) is 9.70. The van der Waals surface area contributed by atoms with E-state index >= 15 is 0 Å². The summed E-state index contributed by atoms with van der Waals surface area (Å²) in [5, 5.41) is 9.04. The van der Waals surface area contributed by atoms with E-state index in [1.807, 2.05) is 0 Å². The number of aliphatic hydroxyl groups is 1. The summed E-state index contributed by atoms with van der Waals surface area (Å²) in [5.74, 6) is 0.967. The smallest absolute Gasteiger partial charge is 0.335 e. The predicted molar refractivity (Wildman–Crippen MR) is 152 cm³/mol. The molecule has 0 aromatic carbocycles. The molecule has 3 aliphatic rings. The van der Waals surface area contributed by atoms with Crippen molar-refractivity contribution < 1.29 is 28.2 Å². The number of unbranched alkanes of at least 4 members (excludes halogenated alkanes) is 2. The highest BCUT2D eigenvalue weighted by Gasteiger charge is 2.34. The number of halogens is 2. The van der Waals surface area contributed by atoms with Crippen LogP contribution in [0, 0.1) is 29.6 Å². The number of ether oxygens (including phenoxy) is 2. The maximum Gasteiger partial charge on any atom is 0.335 e. The van der Waals surface area contributed by atoms with Crippen LogP contribution >= 0.6 is 0 Å². The van der Waals surface area contributed by atoms with Gasteiger partial charge in [0.1, 0.15) is 0 Å². The monoisotopic (exact) mass is 550 g/mol. The lowest BCUT2D eigenvalue weighted by atomic mass is 9.67. The number of methoxy groups -OCH3 is 1. The Hall–Kier alpha value is -1.53. The molecule has 3 aliphatic carbocycles. The number of carbonyl (C=O) groups is 1. The zero-order valence-electron chi connectivity index (χ0n) is 24.5. The van der Waals surface area contributed by atoms with Crippen molar-refractivity contribution in [2.24, 2.45) is 29.6 Å². The molecule has 0 radical (unpaired) electrons. The second-order valence-electron chi connectivity index (χ2n) is 12.4. The molecular formula is C33H52F2O4. The number of hydrogen-bond acceptors (Lipinski definition) is 4. The third-order valence-corrected chi connectivity index (χ3v) is 9.70. The number of rotatable bonds is 15. The Labute approximate surface area is 235 Å². The molecule has 4 nitrogen and oxygen atoms in total. The molecule has 3 rings (SSSR count). The van der Waals surface area contributed by atoms with Crippen molar-refractivity contribution in [2.75, 3.05) is 26.9 Å². The van der Waals surface area contributed by atoms with E-state index in [4.69, 9.17) is 14.6 Å². The molecule has 1 N–H and O–H groups in total. The molecule has 39 heavy (non-hydrogen) atoms. The standard InChI is InChI=1S/C33H52F2O4/c1-4-5-6-7-29-18-19-30(32(35)31(29)34)28-16-14-27(15-17-28)26-12-10-24(11-13-26)8-9-25(21-38-3)22-39-33(37)23(2)20-36/h24-28,36H,2,4-22H2,1,3H3. The highest BCUT2D eigenvalue weighted by Crippen LogP contribution is 2.47. The Morgan fingerprint density at radius 2 is 1.64 bits per heavy atom. The van der Waals surface area contributed by atoms with Crippen LogP contribution in [0.1, 0.15) is 110 Å². The minimum atomic E-state index is -0.537. The van der Waals surface area contributed by atoms with Gasteiger partial charge in [0.2, 0.25) is 0 Å². The quantitative estimate of drug-likeness (QED) is 0.126. The first-order valence-corrected chi connectivity index (χ1v) is 15.6. The van der Waals surface area contributed by atoms with Crippen molar-refractivity contribution in [3.8, 4) is 0 Å². The molecule has 0 aromatic heterocycles. The van der Waals surface area contributed by atoms with Gasteiger partial charge in [0.05, 0.1) is 25.4 Å². The molecule has 6 heteroatoms. The van der Waals surface area contributed by atoms with E-state index in [1.54, 1.807) is 7.11 Å². The van der Waals surface area contributed by atoms with E-state index in [0.29, 0.717) is 44.0 Å². The van der Waals surface area contributed by atoms with Gasteiger partial charge in [-0.2, -0.15) is 0 Å². The highest BCUT2D eigenvalue weighted by molar-refractivity contribution is 5.87. The molecule has 0 heterocycles. The molecule has 0 bridgehead atoms. The lowest BCUT2D eigenvalue weighted by molar-refractivity contribution is -0.141. The van der Waals surface area contributed by atoms with E-state index in [9.17, 15) is 13.6 Å². The second-order valence-corrected chi connectivity index (χ2v) is 12.4. The summed E-state index contributed by atoms with van der Waals surface area (Å²) >= 11 is 0. The van der Waals surface area contributed by atoms with Crippen molar-refractivity contribution in [1.29, 1.82) is 0 Å². The van der Waals surface area contributed by atoms with Gasteiger partial charge < -0.3 is 14.6 Å². The van der Waals surface area contributed by atoms with E-state index in [-0.39, 0.29) is 24.0 Å². The van der Waals surface area contributed by atoms with Crippen LogP contribution in [0.3, 0.4) is 0 Å². The molecule has 0 aliphatic heterocycles. The van der Waals surface area contributed by atoms with E-state index in [2.05, 4.69) is 13.5 Å². The number of carbonyl (C=O) groups excluding carboxylic acids is 1. The lowest BCUT2D eigenvalue weighted by Gasteiger charge is -2.39. The molecule has 0 saturated heterocycles. The maximum absolute atomic E-state index is 15.0. The van der Waals surface area contributed by atoms with E-state index in [1.165, 1.54) is 25.7 Å². The molecule has 0 spiro atoms. The van der Waals surface area contributed by atoms with Crippen LogP contribution < -0.4 is 0 Å². The second kappa shape index (κ2) is 16.7. The number of allylic oxidation sites excluding steroid dienone is 4. The van der Waals surface area contributed by atoms with Gasteiger partial charge in [0, 0.05) is 13.0 Å². The van der Waals surface area contributed by atoms with Crippen LogP contribution in [0.15, 0.2) is 35.0 Å². The maximum atomic E-state index is 15.0. The topological polar surface area (TPSA) is 55.8 Å². The van der Waals surface area contributed by atoms with Crippen LogP contribution in [0.5, 0.6) is 0 Å². The van der Waals surface area contributed by atoms with Crippen molar-refractivity contribution in [3.05, 3.63) is 35.0 Å². The van der Waals surface area contributed by atoms with Crippen molar-refractivity contribution in [3.63, 3.8) is 0 Å². The summed E-state index contributed by atoms with van der Waals surface area (Å²) in [6.07, 6.45) is 16.6. The van der Waals surface area contributed by atoms with Gasteiger partial charge in [-0.15, -0.1) is 0 Å². The van der Waals surface area contributed by atoms with Crippen molar-refractivity contribution in [2.45, 2.75) is 110 Å². The number of aliphatic hydroxyl groups excluding tert-OH is 1. The van der Waals surface area contributed by atoms with Crippen LogP contribution in [-0.2, 0) is 14.3 Å². The van der Waals surface area contributed by atoms with Crippen LogP contribution in [0.4, 0.5) is 8.78 Å². The Morgan fingerprint density at radius 1 is 0.974 bits per heavy atom. The van der Waals surface area contributed by atoms with Gasteiger partial charge in [0.15, 0.2) is 11.7 Å². The lowest BCUT2D eigenvalue weighted by Crippen LogP contribution is -2.27. The zero-order chi connectivity index (χ0) is 28.2. The first-order chi connectivity index (χ1) is 18.9. The first-order valence-electron chi connectivity index (χ1n) is 15.6. The fourth-order valence-corrected chi connectivity index (χ4v) is 7.18. The summed E-state index contributed by atoms with van der Waals surface area (Å²) < 4.78 is 40.4.